The van der Waals surface area contributed by atoms with E-state index in [0.717, 1.165) is 6.07 Å². The van der Waals surface area contributed by atoms with Gasteiger partial charge in [0, 0.05) is 12.1 Å². The van der Waals surface area contributed by atoms with Gasteiger partial charge in [-0.15, -0.1) is 0 Å². The maximum atomic E-state index is 13.6. The normalized spacial score (nSPS) is 11.1. The van der Waals surface area contributed by atoms with Crippen LogP contribution >= 0.6 is 0 Å². The Balaban J connectivity index is 2.01. The molecule has 0 heterocycles. The van der Waals surface area contributed by atoms with Crippen molar-refractivity contribution in [2.75, 3.05) is 20.3 Å². The first-order valence-electron chi connectivity index (χ1n) is 7.92. The Labute approximate surface area is 156 Å². The summed E-state index contributed by atoms with van der Waals surface area (Å²) in [6.45, 7) is 1.30. The molecule has 0 atom stereocenters. The molecule has 0 spiro atoms. The predicted molar refractivity (Wildman–Crippen MR) is 94.9 cm³/mol. The molecule has 0 bridgehead atoms. The van der Waals surface area contributed by atoms with Crippen molar-refractivity contribution in [3.63, 3.8) is 0 Å². The van der Waals surface area contributed by atoms with Crippen molar-refractivity contribution in [3.05, 3.63) is 59.4 Å². The van der Waals surface area contributed by atoms with Gasteiger partial charge in [0.2, 0.25) is 10.0 Å². The van der Waals surface area contributed by atoms with Gasteiger partial charge in [0.1, 0.15) is 0 Å². The largest absolute Gasteiger partial charge is 0.494 e. The van der Waals surface area contributed by atoms with E-state index in [-0.39, 0.29) is 28.3 Å². The van der Waals surface area contributed by atoms with Crippen LogP contribution in [0, 0.1) is 5.82 Å². The molecule has 7 nitrogen and oxygen atoms in total. The molecule has 0 saturated heterocycles. The molecule has 2 aromatic rings. The lowest BCUT2D eigenvalue weighted by atomic mass is 10.1. The molecule has 0 aliphatic carbocycles. The van der Waals surface area contributed by atoms with Crippen molar-refractivity contribution in [1.29, 1.82) is 0 Å². The average Bonchev–Trinajstić information content (AvgIpc) is 2.65. The minimum Gasteiger partial charge on any atom is -0.494 e. The first kappa shape index (κ1) is 20.5. The number of Topliss-reactive ketones (excluding diaryl/α,β-unsaturated/α-hetero) is 1. The summed E-state index contributed by atoms with van der Waals surface area (Å²) in [6, 6.07) is 8.74. The number of hydrogen-bond acceptors (Lipinski definition) is 6. The van der Waals surface area contributed by atoms with Crippen LogP contribution in [0.25, 0.3) is 0 Å². The SMILES string of the molecule is CCNS(=O)(=O)c1ccc(C(=O)OCC(=O)c2ccc(OC)c(F)c2)cc1. The fourth-order valence-corrected chi connectivity index (χ4v) is 3.22. The van der Waals surface area contributed by atoms with E-state index >= 15 is 0 Å². The molecular formula is C18H18FNO6S. The topological polar surface area (TPSA) is 98.8 Å². The van der Waals surface area contributed by atoms with Gasteiger partial charge in [0.25, 0.3) is 0 Å². The molecule has 2 rings (SSSR count). The molecule has 0 fully saturated rings. The number of benzene rings is 2. The number of ketones is 1. The Bertz CT molecular complexity index is 941. The van der Waals surface area contributed by atoms with Gasteiger partial charge < -0.3 is 9.47 Å². The monoisotopic (exact) mass is 395 g/mol. The molecule has 0 radical (unpaired) electrons. The number of carbonyl (C=O) groups is 2. The van der Waals surface area contributed by atoms with Gasteiger partial charge in [-0.05, 0) is 42.5 Å². The number of halogens is 1. The van der Waals surface area contributed by atoms with Crippen LogP contribution < -0.4 is 9.46 Å². The van der Waals surface area contributed by atoms with Gasteiger partial charge in [-0.1, -0.05) is 6.92 Å². The molecule has 0 amide bonds. The lowest BCUT2D eigenvalue weighted by Crippen LogP contribution is -2.23. The number of esters is 1. The zero-order valence-electron chi connectivity index (χ0n) is 14.7. The van der Waals surface area contributed by atoms with Crippen LogP contribution in [0.1, 0.15) is 27.6 Å². The van der Waals surface area contributed by atoms with E-state index in [1.165, 1.54) is 43.5 Å². The Morgan fingerprint density at radius 1 is 1.07 bits per heavy atom. The number of rotatable bonds is 8. The van der Waals surface area contributed by atoms with Gasteiger partial charge in [-0.2, -0.15) is 0 Å². The Morgan fingerprint density at radius 3 is 2.26 bits per heavy atom. The van der Waals surface area contributed by atoms with E-state index in [1.54, 1.807) is 6.92 Å². The van der Waals surface area contributed by atoms with Gasteiger partial charge in [-0.3, -0.25) is 4.79 Å². The summed E-state index contributed by atoms with van der Waals surface area (Å²) in [4.78, 5) is 24.0. The highest BCUT2D eigenvalue weighted by molar-refractivity contribution is 7.89. The highest BCUT2D eigenvalue weighted by Crippen LogP contribution is 2.18. The Kier molecular flexibility index (Phi) is 6.65. The second-order valence-electron chi connectivity index (χ2n) is 5.37. The van der Waals surface area contributed by atoms with Crippen LogP contribution in [0.4, 0.5) is 4.39 Å². The minimum atomic E-state index is -3.63. The second-order valence-corrected chi connectivity index (χ2v) is 7.14. The first-order valence-corrected chi connectivity index (χ1v) is 9.40. The minimum absolute atomic E-state index is 0.00357. The maximum Gasteiger partial charge on any atom is 0.338 e. The van der Waals surface area contributed by atoms with E-state index in [4.69, 9.17) is 9.47 Å². The van der Waals surface area contributed by atoms with Crippen molar-refractivity contribution in [2.45, 2.75) is 11.8 Å². The van der Waals surface area contributed by atoms with Crippen LogP contribution in [0.2, 0.25) is 0 Å². The molecule has 0 aliphatic heterocycles. The molecule has 0 aliphatic rings. The van der Waals surface area contributed by atoms with E-state index < -0.39 is 34.2 Å². The number of ether oxygens (including phenoxy) is 2. The quantitative estimate of drug-likeness (QED) is 0.543. The molecule has 9 heteroatoms. The molecule has 2 aromatic carbocycles. The standard InChI is InChI=1S/C18H18FNO6S/c1-3-20-27(23,24)14-7-4-12(5-8-14)18(22)26-11-16(21)13-6-9-17(25-2)15(19)10-13/h4-10,20H,3,11H2,1-2H3. The summed E-state index contributed by atoms with van der Waals surface area (Å²) in [5.74, 6) is -2.09. The molecule has 27 heavy (non-hydrogen) atoms. The van der Waals surface area contributed by atoms with E-state index in [2.05, 4.69) is 4.72 Å². The highest BCUT2D eigenvalue weighted by Gasteiger charge is 2.16. The van der Waals surface area contributed by atoms with Gasteiger partial charge in [0.15, 0.2) is 24.0 Å². The molecule has 0 unspecified atom stereocenters. The lowest BCUT2D eigenvalue weighted by molar-refractivity contribution is 0.0474. The first-order chi connectivity index (χ1) is 12.8. The van der Waals surface area contributed by atoms with E-state index in [0.29, 0.717) is 0 Å². The number of hydrogen-bond donors (Lipinski definition) is 1. The van der Waals surface area contributed by atoms with Crippen molar-refractivity contribution in [1.82, 2.24) is 4.72 Å². The summed E-state index contributed by atoms with van der Waals surface area (Å²) in [5, 5.41) is 0. The van der Waals surface area contributed by atoms with Crippen molar-refractivity contribution >= 4 is 21.8 Å². The fourth-order valence-electron chi connectivity index (χ4n) is 2.18. The number of carbonyl (C=O) groups excluding carboxylic acids is 2. The lowest BCUT2D eigenvalue weighted by Gasteiger charge is -2.07. The Hall–Kier alpha value is -2.78. The van der Waals surface area contributed by atoms with Crippen LogP contribution in [0.15, 0.2) is 47.4 Å². The summed E-state index contributed by atoms with van der Waals surface area (Å²) in [7, 11) is -2.32. The zero-order chi connectivity index (χ0) is 20.0. The van der Waals surface area contributed by atoms with E-state index in [9.17, 15) is 22.4 Å². The molecule has 144 valence electrons. The molecule has 0 saturated carbocycles. The number of methoxy groups -OCH3 is 1. The van der Waals surface area contributed by atoms with Crippen LogP contribution in [-0.4, -0.2) is 40.4 Å². The van der Waals surface area contributed by atoms with Gasteiger partial charge in [0.05, 0.1) is 17.6 Å². The van der Waals surface area contributed by atoms with Gasteiger partial charge in [-0.25, -0.2) is 22.3 Å². The highest BCUT2D eigenvalue weighted by atomic mass is 32.2. The van der Waals surface area contributed by atoms with E-state index in [1.807, 2.05) is 0 Å². The maximum absolute atomic E-state index is 13.6. The molecule has 1 N–H and O–H groups in total. The predicted octanol–water partition coefficient (Wildman–Crippen LogP) is 2.17. The third-order valence-electron chi connectivity index (χ3n) is 3.54. The van der Waals surface area contributed by atoms with Crippen LogP contribution in [0.3, 0.4) is 0 Å². The van der Waals surface area contributed by atoms with Crippen molar-refractivity contribution < 1.29 is 31.9 Å². The second kappa shape index (κ2) is 8.74. The van der Waals surface area contributed by atoms with Crippen molar-refractivity contribution in [3.8, 4) is 5.75 Å². The van der Waals surface area contributed by atoms with Crippen LogP contribution in [-0.2, 0) is 14.8 Å². The summed E-state index contributed by atoms with van der Waals surface area (Å²) >= 11 is 0. The fraction of sp³-hybridized carbons (Fsp3) is 0.222. The zero-order valence-corrected chi connectivity index (χ0v) is 15.5. The number of sulfonamides is 1. The smallest absolute Gasteiger partial charge is 0.338 e. The van der Waals surface area contributed by atoms with Gasteiger partial charge >= 0.3 is 5.97 Å². The molecule has 0 aromatic heterocycles. The molecular weight excluding hydrogens is 377 g/mol. The number of nitrogens with one attached hydrogen (secondary N) is 1. The summed E-state index contributed by atoms with van der Waals surface area (Å²) < 4.78 is 49.3. The third-order valence-corrected chi connectivity index (χ3v) is 5.10. The third kappa shape index (κ3) is 5.11. The Morgan fingerprint density at radius 2 is 1.70 bits per heavy atom. The summed E-state index contributed by atoms with van der Waals surface area (Å²) in [5.41, 5.74) is 0.118. The van der Waals surface area contributed by atoms with Crippen molar-refractivity contribution in [2.24, 2.45) is 0 Å². The summed E-state index contributed by atoms with van der Waals surface area (Å²) in [6.07, 6.45) is 0. The van der Waals surface area contributed by atoms with Crippen LogP contribution in [0.5, 0.6) is 5.75 Å². The average molecular weight is 395 g/mol.